The number of carbonyl (C=O) groups is 1. The summed E-state index contributed by atoms with van der Waals surface area (Å²) in [6, 6.07) is 17.7. The first-order valence-corrected chi connectivity index (χ1v) is 12.2. The van der Waals surface area contributed by atoms with E-state index in [-0.39, 0.29) is 6.04 Å². The average Bonchev–Trinajstić information content (AvgIpc) is 3.41. The highest BCUT2D eigenvalue weighted by atomic mass is 19.4. The van der Waals surface area contributed by atoms with Crippen molar-refractivity contribution in [3.05, 3.63) is 77.9 Å². The first-order chi connectivity index (χ1) is 17.4. The van der Waals surface area contributed by atoms with Crippen molar-refractivity contribution in [2.24, 2.45) is 0 Å². The van der Waals surface area contributed by atoms with Gasteiger partial charge in [-0.05, 0) is 67.3 Å². The molecular formula is C27H33F3N4O3. The van der Waals surface area contributed by atoms with E-state index in [9.17, 15) is 18.3 Å². The standard InChI is InChI=1S/C25H32N4O.C2HF3O2/c1-18(2)20-4-8-22(9-5-20)25(30)14-12-23(13-15-25)28-19(3)21-6-10-24(11-7-21)29-17-26-16-27-29;3-2(4,5)1(6)7/h4-11,16-19,23,28,30H,12-15H2,1-3H3;(H,6,7). The SMILES string of the molecule is CC(C)c1ccc(C2(O)CCC(NC(C)c3ccc(-n4cncn4)cc3)CC2)cc1.O=C(O)C(F)(F)F. The number of aliphatic carboxylic acids is 1. The third kappa shape index (κ3) is 7.62. The highest BCUT2D eigenvalue weighted by molar-refractivity contribution is 5.73. The van der Waals surface area contributed by atoms with Crippen LogP contribution in [0.15, 0.2) is 61.2 Å². The third-order valence-corrected chi connectivity index (χ3v) is 6.73. The van der Waals surface area contributed by atoms with Crippen LogP contribution in [-0.2, 0) is 10.4 Å². The van der Waals surface area contributed by atoms with Gasteiger partial charge in [0.1, 0.15) is 12.7 Å². The lowest BCUT2D eigenvalue weighted by Gasteiger charge is -2.38. The number of nitrogens with one attached hydrogen (secondary N) is 1. The van der Waals surface area contributed by atoms with Gasteiger partial charge < -0.3 is 15.5 Å². The Morgan fingerprint density at radius 1 is 1.03 bits per heavy atom. The van der Waals surface area contributed by atoms with Gasteiger partial charge in [-0.15, -0.1) is 0 Å². The lowest BCUT2D eigenvalue weighted by Crippen LogP contribution is -2.40. The topological polar surface area (TPSA) is 100 Å². The summed E-state index contributed by atoms with van der Waals surface area (Å²) in [5, 5.41) is 26.3. The molecule has 10 heteroatoms. The number of aliphatic hydroxyl groups is 1. The number of halogens is 3. The van der Waals surface area contributed by atoms with Crippen molar-refractivity contribution >= 4 is 5.97 Å². The molecule has 2 aromatic carbocycles. The Morgan fingerprint density at radius 3 is 2.03 bits per heavy atom. The molecule has 1 fully saturated rings. The van der Waals surface area contributed by atoms with Gasteiger partial charge in [0.2, 0.25) is 0 Å². The summed E-state index contributed by atoms with van der Waals surface area (Å²) in [4.78, 5) is 12.9. The Balaban J connectivity index is 0.000000479. The maximum atomic E-state index is 11.2. The van der Waals surface area contributed by atoms with E-state index in [2.05, 4.69) is 84.7 Å². The van der Waals surface area contributed by atoms with Crippen molar-refractivity contribution in [3.63, 3.8) is 0 Å². The maximum absolute atomic E-state index is 11.2. The predicted molar refractivity (Wildman–Crippen MR) is 133 cm³/mol. The molecule has 1 aliphatic rings. The molecule has 1 saturated carbocycles. The smallest absolute Gasteiger partial charge is 0.475 e. The van der Waals surface area contributed by atoms with Gasteiger partial charge >= 0.3 is 12.1 Å². The van der Waals surface area contributed by atoms with E-state index in [0.717, 1.165) is 36.9 Å². The van der Waals surface area contributed by atoms with E-state index < -0.39 is 17.7 Å². The fourth-order valence-corrected chi connectivity index (χ4v) is 4.44. The van der Waals surface area contributed by atoms with Crippen LogP contribution in [0.4, 0.5) is 13.2 Å². The van der Waals surface area contributed by atoms with Crippen LogP contribution in [0.1, 0.15) is 75.1 Å². The molecule has 200 valence electrons. The van der Waals surface area contributed by atoms with E-state index in [1.165, 1.54) is 11.1 Å². The van der Waals surface area contributed by atoms with Crippen LogP contribution < -0.4 is 5.32 Å². The quantitative estimate of drug-likeness (QED) is 0.398. The summed E-state index contributed by atoms with van der Waals surface area (Å²) < 4.78 is 33.5. The van der Waals surface area contributed by atoms with Crippen molar-refractivity contribution in [1.82, 2.24) is 20.1 Å². The Hall–Kier alpha value is -3.24. The van der Waals surface area contributed by atoms with E-state index in [1.807, 2.05) is 0 Å². The molecule has 1 heterocycles. The summed E-state index contributed by atoms with van der Waals surface area (Å²) in [7, 11) is 0. The van der Waals surface area contributed by atoms with Crippen LogP contribution in [0, 0.1) is 0 Å². The normalized spacial score (nSPS) is 20.7. The van der Waals surface area contributed by atoms with Crippen LogP contribution in [-0.4, -0.2) is 43.2 Å². The maximum Gasteiger partial charge on any atom is 0.490 e. The zero-order valence-corrected chi connectivity index (χ0v) is 21.1. The monoisotopic (exact) mass is 518 g/mol. The minimum Gasteiger partial charge on any atom is -0.475 e. The van der Waals surface area contributed by atoms with Gasteiger partial charge in [-0.3, -0.25) is 0 Å². The zero-order chi connectivity index (χ0) is 27.2. The number of rotatable bonds is 6. The van der Waals surface area contributed by atoms with Crippen molar-refractivity contribution in [3.8, 4) is 5.69 Å². The number of nitrogens with zero attached hydrogens (tertiary/aromatic N) is 3. The lowest BCUT2D eigenvalue weighted by molar-refractivity contribution is -0.192. The molecular weight excluding hydrogens is 485 g/mol. The number of hydrogen-bond donors (Lipinski definition) is 3. The average molecular weight is 519 g/mol. The first-order valence-electron chi connectivity index (χ1n) is 12.2. The van der Waals surface area contributed by atoms with Gasteiger partial charge in [-0.1, -0.05) is 50.2 Å². The Labute approximate surface area is 214 Å². The lowest BCUT2D eigenvalue weighted by atomic mass is 9.77. The minimum atomic E-state index is -5.08. The highest BCUT2D eigenvalue weighted by Gasteiger charge is 2.38. The molecule has 3 aromatic rings. The number of benzene rings is 2. The van der Waals surface area contributed by atoms with Crippen LogP contribution in [0.5, 0.6) is 0 Å². The summed E-state index contributed by atoms with van der Waals surface area (Å²) in [5.74, 6) is -2.24. The van der Waals surface area contributed by atoms with Gasteiger partial charge in [0, 0.05) is 12.1 Å². The van der Waals surface area contributed by atoms with E-state index in [1.54, 1.807) is 17.3 Å². The summed E-state index contributed by atoms with van der Waals surface area (Å²) in [6.45, 7) is 6.60. The van der Waals surface area contributed by atoms with Crippen molar-refractivity contribution < 1.29 is 28.2 Å². The van der Waals surface area contributed by atoms with Gasteiger partial charge in [0.25, 0.3) is 0 Å². The Morgan fingerprint density at radius 2 is 1.57 bits per heavy atom. The molecule has 37 heavy (non-hydrogen) atoms. The number of alkyl halides is 3. The molecule has 0 saturated heterocycles. The van der Waals surface area contributed by atoms with E-state index in [0.29, 0.717) is 12.0 Å². The molecule has 0 bridgehead atoms. The van der Waals surface area contributed by atoms with E-state index in [4.69, 9.17) is 9.90 Å². The molecule has 0 radical (unpaired) electrons. The summed E-state index contributed by atoms with van der Waals surface area (Å²) >= 11 is 0. The van der Waals surface area contributed by atoms with Gasteiger partial charge in [0.15, 0.2) is 0 Å². The molecule has 1 atom stereocenters. The zero-order valence-electron chi connectivity index (χ0n) is 21.1. The molecule has 0 spiro atoms. The van der Waals surface area contributed by atoms with Crippen molar-refractivity contribution in [1.29, 1.82) is 0 Å². The molecule has 7 nitrogen and oxygen atoms in total. The minimum absolute atomic E-state index is 0.260. The summed E-state index contributed by atoms with van der Waals surface area (Å²) in [6.07, 6.45) is 1.71. The first kappa shape index (κ1) is 28.3. The number of carboxylic acids is 1. The second-order valence-corrected chi connectivity index (χ2v) is 9.71. The summed E-state index contributed by atoms with van der Waals surface area (Å²) in [5.41, 5.74) is 3.94. The van der Waals surface area contributed by atoms with Crippen molar-refractivity contribution in [2.45, 2.75) is 76.2 Å². The molecule has 3 N–H and O–H groups in total. The van der Waals surface area contributed by atoms with Gasteiger partial charge in [-0.25, -0.2) is 14.5 Å². The molecule has 1 aliphatic carbocycles. The largest absolute Gasteiger partial charge is 0.490 e. The molecule has 1 unspecified atom stereocenters. The van der Waals surface area contributed by atoms with Crippen LogP contribution in [0.2, 0.25) is 0 Å². The number of aromatic nitrogens is 3. The Bertz CT molecular complexity index is 1120. The van der Waals surface area contributed by atoms with Crippen LogP contribution in [0.25, 0.3) is 5.69 Å². The fourth-order valence-electron chi connectivity index (χ4n) is 4.44. The molecule has 1 aromatic heterocycles. The highest BCUT2D eigenvalue weighted by Crippen LogP contribution is 2.38. The Kier molecular flexibility index (Phi) is 9.09. The molecule has 0 amide bonds. The van der Waals surface area contributed by atoms with Gasteiger partial charge in [-0.2, -0.15) is 18.3 Å². The predicted octanol–water partition coefficient (Wildman–Crippen LogP) is 5.51. The number of carboxylic acid groups (broad SMARTS) is 1. The van der Waals surface area contributed by atoms with Crippen molar-refractivity contribution in [2.75, 3.05) is 0 Å². The molecule has 0 aliphatic heterocycles. The fraction of sp³-hybridized carbons (Fsp3) is 0.444. The number of hydrogen-bond acceptors (Lipinski definition) is 5. The van der Waals surface area contributed by atoms with Crippen LogP contribution >= 0.6 is 0 Å². The second-order valence-electron chi connectivity index (χ2n) is 9.71. The second kappa shape index (κ2) is 11.9. The van der Waals surface area contributed by atoms with E-state index >= 15 is 0 Å². The van der Waals surface area contributed by atoms with Gasteiger partial charge in [0.05, 0.1) is 11.3 Å². The third-order valence-electron chi connectivity index (χ3n) is 6.73. The molecule has 4 rings (SSSR count). The van der Waals surface area contributed by atoms with Crippen LogP contribution in [0.3, 0.4) is 0 Å².